The molecular formula is C20H16ClN3O5S. The van der Waals surface area contributed by atoms with Gasteiger partial charge in [-0.05, 0) is 49.8 Å². The standard InChI is InChI=1S/C20H16ClN3O5S/c1-11(2)29-19(26)13-5-7-15-17(10-13)30-20(22-15)23-18(25)8-4-12-3-6-14(21)16(9-12)24(27)28/h3-11H,1-2H3,(H,22,23,25)/b8-4+. The van der Waals surface area contributed by atoms with Crippen molar-refractivity contribution in [2.75, 3.05) is 5.32 Å². The van der Waals surface area contributed by atoms with E-state index in [4.69, 9.17) is 16.3 Å². The van der Waals surface area contributed by atoms with E-state index in [1.54, 1.807) is 38.1 Å². The molecule has 0 saturated carbocycles. The number of amides is 1. The van der Waals surface area contributed by atoms with Crippen LogP contribution in [0.25, 0.3) is 16.3 Å². The molecule has 0 radical (unpaired) electrons. The topological polar surface area (TPSA) is 111 Å². The Bertz CT molecular complexity index is 1170. The summed E-state index contributed by atoms with van der Waals surface area (Å²) >= 11 is 6.99. The second kappa shape index (κ2) is 9.02. The van der Waals surface area contributed by atoms with E-state index in [2.05, 4.69) is 10.3 Å². The molecule has 0 aliphatic rings. The Morgan fingerprint density at radius 3 is 2.73 bits per heavy atom. The lowest BCUT2D eigenvalue weighted by Gasteiger charge is -2.07. The summed E-state index contributed by atoms with van der Waals surface area (Å²) in [5.74, 6) is -0.878. The fourth-order valence-electron chi connectivity index (χ4n) is 2.48. The first-order valence-corrected chi connectivity index (χ1v) is 9.97. The van der Waals surface area contributed by atoms with Gasteiger partial charge in [-0.1, -0.05) is 29.0 Å². The third-order valence-corrected chi connectivity index (χ3v) is 5.04. The summed E-state index contributed by atoms with van der Waals surface area (Å²) in [6.45, 7) is 3.54. The average molecular weight is 446 g/mol. The molecule has 1 amide bonds. The van der Waals surface area contributed by atoms with Crippen LogP contribution in [0.3, 0.4) is 0 Å². The van der Waals surface area contributed by atoms with Crippen LogP contribution in [0.1, 0.15) is 29.8 Å². The van der Waals surface area contributed by atoms with Crippen LogP contribution in [0, 0.1) is 10.1 Å². The highest BCUT2D eigenvalue weighted by atomic mass is 35.5. The molecule has 1 heterocycles. The van der Waals surface area contributed by atoms with E-state index in [0.29, 0.717) is 21.8 Å². The van der Waals surface area contributed by atoms with Crippen molar-refractivity contribution in [1.82, 2.24) is 4.98 Å². The number of esters is 1. The molecule has 0 fully saturated rings. The number of nitro benzene ring substituents is 1. The number of nitrogens with zero attached hydrogens (tertiary/aromatic N) is 2. The van der Waals surface area contributed by atoms with Crippen molar-refractivity contribution in [3.05, 3.63) is 68.7 Å². The number of thiazole rings is 1. The molecule has 0 saturated heterocycles. The van der Waals surface area contributed by atoms with Crippen molar-refractivity contribution >= 4 is 61.9 Å². The summed E-state index contributed by atoms with van der Waals surface area (Å²) < 4.78 is 5.90. The average Bonchev–Trinajstić information content (AvgIpc) is 3.07. The summed E-state index contributed by atoms with van der Waals surface area (Å²) in [6, 6.07) is 9.20. The second-order valence-electron chi connectivity index (χ2n) is 6.45. The lowest BCUT2D eigenvalue weighted by molar-refractivity contribution is -0.384. The number of fused-ring (bicyclic) bond motifs is 1. The molecule has 0 aliphatic heterocycles. The summed E-state index contributed by atoms with van der Waals surface area (Å²) in [6.07, 6.45) is 2.45. The van der Waals surface area contributed by atoms with Crippen LogP contribution in [0.5, 0.6) is 0 Å². The van der Waals surface area contributed by atoms with E-state index in [9.17, 15) is 19.7 Å². The van der Waals surface area contributed by atoms with Crippen molar-refractivity contribution in [2.24, 2.45) is 0 Å². The third-order valence-electron chi connectivity index (χ3n) is 3.79. The van der Waals surface area contributed by atoms with Gasteiger partial charge in [0.1, 0.15) is 5.02 Å². The number of aromatic nitrogens is 1. The first kappa shape index (κ1) is 21.4. The Balaban J connectivity index is 1.72. The third kappa shape index (κ3) is 5.19. The maximum atomic E-state index is 12.2. The minimum Gasteiger partial charge on any atom is -0.459 e. The Hall–Kier alpha value is -3.30. The quantitative estimate of drug-likeness (QED) is 0.245. The SMILES string of the molecule is CC(C)OC(=O)c1ccc2nc(NC(=O)/C=C/c3ccc(Cl)c([N+](=O)[O-])c3)sc2c1. The first-order chi connectivity index (χ1) is 14.2. The zero-order chi connectivity index (χ0) is 21.8. The number of hydrogen-bond acceptors (Lipinski definition) is 7. The van der Waals surface area contributed by atoms with Gasteiger partial charge in [0.15, 0.2) is 5.13 Å². The molecule has 2 aromatic carbocycles. The van der Waals surface area contributed by atoms with Crippen LogP contribution in [-0.4, -0.2) is 27.9 Å². The van der Waals surface area contributed by atoms with Gasteiger partial charge in [0.2, 0.25) is 5.91 Å². The first-order valence-electron chi connectivity index (χ1n) is 8.77. The highest BCUT2D eigenvalue weighted by Crippen LogP contribution is 2.28. The minimum absolute atomic E-state index is 0.0210. The van der Waals surface area contributed by atoms with Gasteiger partial charge < -0.3 is 4.74 Å². The van der Waals surface area contributed by atoms with Crippen LogP contribution in [0.4, 0.5) is 10.8 Å². The van der Waals surface area contributed by atoms with E-state index in [0.717, 1.165) is 4.70 Å². The number of carbonyl (C=O) groups excluding carboxylic acids is 2. The number of rotatable bonds is 6. The number of anilines is 1. The molecule has 1 N–H and O–H groups in total. The van der Waals surface area contributed by atoms with Crippen LogP contribution in [-0.2, 0) is 9.53 Å². The Labute approximate surface area is 180 Å². The van der Waals surface area contributed by atoms with Crippen molar-refractivity contribution in [3.8, 4) is 0 Å². The molecule has 30 heavy (non-hydrogen) atoms. The predicted molar refractivity (Wildman–Crippen MR) is 116 cm³/mol. The molecule has 3 aromatic rings. The van der Waals surface area contributed by atoms with Gasteiger partial charge in [0, 0.05) is 12.1 Å². The normalized spacial score (nSPS) is 11.2. The number of hydrogen-bond donors (Lipinski definition) is 1. The van der Waals surface area contributed by atoms with Crippen molar-refractivity contribution < 1.29 is 19.2 Å². The van der Waals surface area contributed by atoms with Crippen molar-refractivity contribution in [1.29, 1.82) is 0 Å². The molecule has 3 rings (SSSR count). The number of nitrogens with one attached hydrogen (secondary N) is 1. The number of benzene rings is 2. The van der Waals surface area contributed by atoms with Crippen LogP contribution >= 0.6 is 22.9 Å². The largest absolute Gasteiger partial charge is 0.459 e. The molecule has 8 nitrogen and oxygen atoms in total. The molecular weight excluding hydrogens is 430 g/mol. The molecule has 0 unspecified atom stereocenters. The summed E-state index contributed by atoms with van der Waals surface area (Å²) in [5, 5.41) is 14.0. The Kier molecular flexibility index (Phi) is 6.43. The second-order valence-corrected chi connectivity index (χ2v) is 7.88. The van der Waals surface area contributed by atoms with Gasteiger partial charge in [0.05, 0.1) is 26.8 Å². The fourth-order valence-corrected chi connectivity index (χ4v) is 3.57. The zero-order valence-electron chi connectivity index (χ0n) is 15.9. The zero-order valence-corrected chi connectivity index (χ0v) is 17.5. The van der Waals surface area contributed by atoms with Gasteiger partial charge in [-0.15, -0.1) is 0 Å². The lowest BCUT2D eigenvalue weighted by atomic mass is 10.2. The predicted octanol–water partition coefficient (Wildman–Crippen LogP) is 5.08. The fraction of sp³-hybridized carbons (Fsp3) is 0.150. The van der Waals surface area contributed by atoms with E-state index in [1.165, 1.54) is 35.6 Å². The lowest BCUT2D eigenvalue weighted by Crippen LogP contribution is -2.11. The van der Waals surface area contributed by atoms with Gasteiger partial charge in [0.25, 0.3) is 5.69 Å². The van der Waals surface area contributed by atoms with Crippen LogP contribution < -0.4 is 5.32 Å². The Morgan fingerprint density at radius 2 is 2.03 bits per heavy atom. The van der Waals surface area contributed by atoms with Crippen molar-refractivity contribution in [2.45, 2.75) is 20.0 Å². The number of carbonyl (C=O) groups is 2. The van der Waals surface area contributed by atoms with Gasteiger partial charge in [-0.25, -0.2) is 9.78 Å². The van der Waals surface area contributed by atoms with E-state index in [-0.39, 0.29) is 16.8 Å². The smallest absolute Gasteiger partial charge is 0.338 e. The Morgan fingerprint density at radius 1 is 1.27 bits per heavy atom. The van der Waals surface area contributed by atoms with Gasteiger partial charge >= 0.3 is 5.97 Å². The van der Waals surface area contributed by atoms with Crippen LogP contribution in [0.2, 0.25) is 5.02 Å². The molecule has 0 aliphatic carbocycles. The van der Waals surface area contributed by atoms with E-state index in [1.807, 2.05) is 0 Å². The monoisotopic (exact) mass is 445 g/mol. The maximum absolute atomic E-state index is 12.2. The highest BCUT2D eigenvalue weighted by Gasteiger charge is 2.14. The van der Waals surface area contributed by atoms with Crippen LogP contribution in [0.15, 0.2) is 42.5 Å². The van der Waals surface area contributed by atoms with E-state index < -0.39 is 16.8 Å². The maximum Gasteiger partial charge on any atom is 0.338 e. The molecule has 0 bridgehead atoms. The molecule has 0 atom stereocenters. The van der Waals surface area contributed by atoms with Gasteiger partial charge in [-0.2, -0.15) is 0 Å². The highest BCUT2D eigenvalue weighted by molar-refractivity contribution is 7.22. The van der Waals surface area contributed by atoms with Crippen molar-refractivity contribution in [3.63, 3.8) is 0 Å². The van der Waals surface area contributed by atoms with E-state index >= 15 is 0 Å². The van der Waals surface area contributed by atoms with Gasteiger partial charge in [-0.3, -0.25) is 20.2 Å². The number of halogens is 1. The molecule has 154 valence electrons. The number of ether oxygens (including phenoxy) is 1. The summed E-state index contributed by atoms with van der Waals surface area (Å²) in [4.78, 5) is 38.9. The summed E-state index contributed by atoms with van der Waals surface area (Å²) in [5.41, 5.74) is 1.26. The molecule has 1 aromatic heterocycles. The summed E-state index contributed by atoms with van der Waals surface area (Å²) in [7, 11) is 0. The minimum atomic E-state index is -0.591. The molecule has 0 spiro atoms. The number of nitro groups is 1. The molecule has 10 heteroatoms.